The SMILES string of the molecule is C[C@@H]1C[C@]2(CN1C(=O)[C@@H]1[C@@H]3[C@H](CN1C(=O)[C@@H](NC(=O)O[C@@H](C)C1(C)CC1)C(C)(C)C)[C@H]1C[C@@H]3[C@H](F)C1)Oc1cccnc1NC2=O. The average molecular weight is 640 g/mol. The van der Waals surface area contributed by atoms with Crippen molar-refractivity contribution in [2.75, 3.05) is 18.4 Å². The van der Waals surface area contributed by atoms with Crippen molar-refractivity contribution in [3.8, 4) is 5.75 Å². The van der Waals surface area contributed by atoms with Crippen LogP contribution in [0.4, 0.5) is 15.0 Å². The smallest absolute Gasteiger partial charge is 0.408 e. The quantitative estimate of drug-likeness (QED) is 0.500. The zero-order valence-electron chi connectivity index (χ0n) is 27.5. The summed E-state index contributed by atoms with van der Waals surface area (Å²) in [5.74, 6) is -0.817. The van der Waals surface area contributed by atoms with Gasteiger partial charge in [0, 0.05) is 30.6 Å². The summed E-state index contributed by atoms with van der Waals surface area (Å²) in [5.41, 5.74) is -2.05. The lowest BCUT2D eigenvalue weighted by Crippen LogP contribution is -2.60. The molecular weight excluding hydrogens is 593 g/mol. The molecule has 12 heteroatoms. The zero-order chi connectivity index (χ0) is 32.9. The van der Waals surface area contributed by atoms with E-state index >= 15 is 4.39 Å². The first-order chi connectivity index (χ1) is 21.6. The number of alkyl halides is 1. The number of carbonyl (C=O) groups is 4. The van der Waals surface area contributed by atoms with Crippen LogP contribution in [0.1, 0.15) is 73.6 Å². The summed E-state index contributed by atoms with van der Waals surface area (Å²) in [4.78, 5) is 63.2. The molecule has 46 heavy (non-hydrogen) atoms. The van der Waals surface area contributed by atoms with Gasteiger partial charge in [0.25, 0.3) is 5.91 Å². The Morgan fingerprint density at radius 2 is 1.93 bits per heavy atom. The van der Waals surface area contributed by atoms with Gasteiger partial charge in [-0.15, -0.1) is 0 Å². The second-order valence-electron chi connectivity index (χ2n) is 16.2. The van der Waals surface area contributed by atoms with E-state index in [4.69, 9.17) is 9.47 Å². The van der Waals surface area contributed by atoms with Gasteiger partial charge in [-0.3, -0.25) is 14.4 Å². The molecule has 11 nitrogen and oxygen atoms in total. The molecule has 7 rings (SSSR count). The summed E-state index contributed by atoms with van der Waals surface area (Å²) in [5, 5.41) is 5.68. The van der Waals surface area contributed by atoms with Crippen molar-refractivity contribution >= 4 is 29.6 Å². The van der Waals surface area contributed by atoms with E-state index in [1.807, 2.05) is 34.6 Å². The van der Waals surface area contributed by atoms with Crippen LogP contribution in [0.2, 0.25) is 0 Å². The first-order valence-electron chi connectivity index (χ1n) is 16.8. The topological polar surface area (TPSA) is 130 Å². The van der Waals surface area contributed by atoms with E-state index in [1.54, 1.807) is 28.1 Å². The summed E-state index contributed by atoms with van der Waals surface area (Å²) in [6, 6.07) is 1.21. The standard InChI is InChI=1S/C34H46FN5O6/c1-17-14-34(30(43)38-27-23(46-34)8-7-11-36-27)16-40(17)28(41)25-24-20-12-19(13-22(20)35)21(24)15-39(25)29(42)26(32(3,4)5)37-31(44)45-18(2)33(6)9-10-33/h7-8,11,17-22,24-26H,9-10,12-16H2,1-6H3,(H,37,44)(H,36,38,43)/t17-,18+,19+,20-,21-,22-,24+,25+,26-,34-/m1/s1. The summed E-state index contributed by atoms with van der Waals surface area (Å²) in [6.07, 6.45) is 2.97. The van der Waals surface area contributed by atoms with Crippen molar-refractivity contribution in [2.24, 2.45) is 34.5 Å². The number of hydrogen-bond acceptors (Lipinski definition) is 7. The van der Waals surface area contributed by atoms with E-state index in [1.165, 1.54) is 0 Å². The Kier molecular flexibility index (Phi) is 7.14. The molecule has 10 atom stereocenters. The number of halogens is 1. The molecule has 4 heterocycles. The van der Waals surface area contributed by atoms with Crippen LogP contribution in [0, 0.1) is 34.5 Å². The van der Waals surface area contributed by atoms with Crippen LogP contribution in [-0.4, -0.2) is 87.7 Å². The fraction of sp³-hybridized carbons (Fsp3) is 0.735. The molecule has 3 aliphatic heterocycles. The van der Waals surface area contributed by atoms with Gasteiger partial charge in [0.15, 0.2) is 11.6 Å². The lowest BCUT2D eigenvalue weighted by Gasteiger charge is -2.39. The van der Waals surface area contributed by atoms with E-state index in [2.05, 4.69) is 22.5 Å². The fourth-order valence-corrected chi connectivity index (χ4v) is 8.95. The molecule has 2 N–H and O–H groups in total. The van der Waals surface area contributed by atoms with Crippen LogP contribution in [0.5, 0.6) is 5.75 Å². The van der Waals surface area contributed by atoms with Gasteiger partial charge in [0.1, 0.15) is 24.4 Å². The van der Waals surface area contributed by atoms with Gasteiger partial charge in [-0.05, 0) is 80.8 Å². The molecule has 1 spiro atoms. The molecule has 0 radical (unpaired) electrons. The number of nitrogens with one attached hydrogen (secondary N) is 2. The summed E-state index contributed by atoms with van der Waals surface area (Å²) in [6.45, 7) is 11.8. The highest BCUT2D eigenvalue weighted by atomic mass is 19.1. The van der Waals surface area contributed by atoms with Crippen LogP contribution in [-0.2, 0) is 19.1 Å². The van der Waals surface area contributed by atoms with Gasteiger partial charge in [-0.2, -0.15) is 0 Å². The van der Waals surface area contributed by atoms with Crippen molar-refractivity contribution in [3.63, 3.8) is 0 Å². The number of ether oxygens (including phenoxy) is 2. The van der Waals surface area contributed by atoms with Crippen LogP contribution in [0.25, 0.3) is 0 Å². The number of aromatic nitrogens is 1. The van der Waals surface area contributed by atoms with Gasteiger partial charge in [-0.1, -0.05) is 27.7 Å². The molecule has 0 unspecified atom stereocenters. The molecule has 6 aliphatic rings. The van der Waals surface area contributed by atoms with E-state index < -0.39 is 35.4 Å². The van der Waals surface area contributed by atoms with Crippen molar-refractivity contribution in [1.29, 1.82) is 0 Å². The zero-order valence-corrected chi connectivity index (χ0v) is 27.5. The third-order valence-electron chi connectivity index (χ3n) is 12.1. The fourth-order valence-electron chi connectivity index (χ4n) is 8.95. The first kappa shape index (κ1) is 31.2. The van der Waals surface area contributed by atoms with Crippen molar-refractivity contribution in [3.05, 3.63) is 18.3 Å². The number of likely N-dealkylation sites (tertiary alicyclic amines) is 2. The molecule has 5 fully saturated rings. The molecule has 2 saturated heterocycles. The maximum absolute atomic E-state index is 15.3. The van der Waals surface area contributed by atoms with E-state index in [-0.39, 0.29) is 71.9 Å². The Morgan fingerprint density at radius 1 is 1.20 bits per heavy atom. The predicted octanol–water partition coefficient (Wildman–Crippen LogP) is 3.92. The number of hydrogen-bond donors (Lipinski definition) is 2. The molecule has 250 valence electrons. The van der Waals surface area contributed by atoms with Gasteiger partial charge < -0.3 is 29.9 Å². The number of amides is 4. The van der Waals surface area contributed by atoms with E-state index in [9.17, 15) is 19.2 Å². The minimum atomic E-state index is -1.30. The average Bonchev–Trinajstić information content (AvgIpc) is 3.28. The minimum absolute atomic E-state index is 0.000164. The summed E-state index contributed by atoms with van der Waals surface area (Å²) < 4.78 is 27.3. The molecule has 2 bridgehead atoms. The molecule has 3 saturated carbocycles. The lowest BCUT2D eigenvalue weighted by atomic mass is 9.77. The third-order valence-corrected chi connectivity index (χ3v) is 12.1. The Labute approximate surface area is 269 Å². The number of rotatable bonds is 5. The molecular formula is C34H46FN5O6. The van der Waals surface area contributed by atoms with Crippen LogP contribution < -0.4 is 15.4 Å². The number of alkyl carbamates (subject to hydrolysis) is 1. The summed E-state index contributed by atoms with van der Waals surface area (Å²) in [7, 11) is 0. The molecule has 1 aromatic heterocycles. The van der Waals surface area contributed by atoms with Gasteiger partial charge >= 0.3 is 6.09 Å². The normalized spacial score (nSPS) is 36.4. The second-order valence-corrected chi connectivity index (χ2v) is 16.2. The Bertz CT molecular complexity index is 1460. The molecule has 4 amide bonds. The summed E-state index contributed by atoms with van der Waals surface area (Å²) >= 11 is 0. The maximum Gasteiger partial charge on any atom is 0.408 e. The second kappa shape index (κ2) is 10.5. The molecule has 3 aliphatic carbocycles. The lowest BCUT2D eigenvalue weighted by molar-refractivity contribution is -0.149. The molecule has 1 aromatic rings. The highest BCUT2D eigenvalue weighted by Gasteiger charge is 2.65. The number of nitrogens with zero attached hydrogens (tertiary/aromatic N) is 3. The number of anilines is 1. The monoisotopic (exact) mass is 639 g/mol. The first-order valence-corrected chi connectivity index (χ1v) is 16.8. The Balaban J connectivity index is 1.16. The van der Waals surface area contributed by atoms with Crippen molar-refractivity contribution in [2.45, 2.75) is 110 Å². The van der Waals surface area contributed by atoms with E-state index in [0.29, 0.717) is 31.0 Å². The van der Waals surface area contributed by atoms with E-state index in [0.717, 1.165) is 12.8 Å². The highest BCUT2D eigenvalue weighted by Crippen LogP contribution is 2.59. The van der Waals surface area contributed by atoms with Crippen LogP contribution >= 0.6 is 0 Å². The number of carbonyl (C=O) groups excluding carboxylic acids is 4. The Hall–Kier alpha value is -3.44. The maximum atomic E-state index is 15.3. The van der Waals surface area contributed by atoms with Crippen molar-refractivity contribution in [1.82, 2.24) is 20.1 Å². The Morgan fingerprint density at radius 3 is 2.63 bits per heavy atom. The van der Waals surface area contributed by atoms with Crippen LogP contribution in [0.3, 0.4) is 0 Å². The van der Waals surface area contributed by atoms with Gasteiger partial charge in [0.05, 0.1) is 6.54 Å². The van der Waals surface area contributed by atoms with Gasteiger partial charge in [0.2, 0.25) is 17.4 Å². The predicted molar refractivity (Wildman–Crippen MR) is 165 cm³/mol. The molecule has 0 aromatic carbocycles. The minimum Gasteiger partial charge on any atom is -0.472 e. The third kappa shape index (κ3) is 4.92. The van der Waals surface area contributed by atoms with Gasteiger partial charge in [-0.25, -0.2) is 14.2 Å². The van der Waals surface area contributed by atoms with Crippen molar-refractivity contribution < 1.29 is 33.0 Å². The highest BCUT2D eigenvalue weighted by molar-refractivity contribution is 6.01. The number of fused-ring (bicyclic) bond motifs is 6. The number of pyridine rings is 1. The largest absolute Gasteiger partial charge is 0.472 e. The van der Waals surface area contributed by atoms with Crippen LogP contribution in [0.15, 0.2) is 18.3 Å².